The highest BCUT2D eigenvalue weighted by Gasteiger charge is 2.29. The molecule has 2 aromatic rings. The molecule has 0 spiro atoms. The van der Waals surface area contributed by atoms with E-state index in [1.165, 1.54) is 24.0 Å². The van der Waals surface area contributed by atoms with Crippen molar-refractivity contribution >= 4 is 0 Å². The molecule has 2 N–H and O–H groups in total. The first-order valence-electron chi connectivity index (χ1n) is 6.53. The standard InChI is InChI=1S/C14H15N3O/c15-12-6-4-9-7-10(3-5-11(9)12)14-16-13(17-18-14)8-1-2-8/h3,5,7-8,12H,1-2,4,6,15H2/t12-/m1/s1. The van der Waals surface area contributed by atoms with Gasteiger partial charge in [-0.1, -0.05) is 11.2 Å². The summed E-state index contributed by atoms with van der Waals surface area (Å²) in [5, 5.41) is 4.05. The zero-order valence-corrected chi connectivity index (χ0v) is 10.1. The maximum Gasteiger partial charge on any atom is 0.257 e. The Labute approximate surface area is 105 Å². The molecule has 2 aliphatic rings. The fraction of sp³-hybridized carbons (Fsp3) is 0.429. The molecule has 0 saturated heterocycles. The topological polar surface area (TPSA) is 64.9 Å². The van der Waals surface area contributed by atoms with Crippen molar-refractivity contribution in [3.63, 3.8) is 0 Å². The quantitative estimate of drug-likeness (QED) is 0.877. The van der Waals surface area contributed by atoms with E-state index < -0.39 is 0 Å². The smallest absolute Gasteiger partial charge is 0.257 e. The third-order valence-corrected chi connectivity index (χ3v) is 3.90. The molecule has 1 heterocycles. The van der Waals surface area contributed by atoms with Crippen molar-refractivity contribution in [1.82, 2.24) is 10.1 Å². The second-order valence-corrected chi connectivity index (χ2v) is 5.29. The van der Waals surface area contributed by atoms with Gasteiger partial charge in [0.15, 0.2) is 5.82 Å². The van der Waals surface area contributed by atoms with Gasteiger partial charge >= 0.3 is 0 Å². The molecule has 0 radical (unpaired) electrons. The van der Waals surface area contributed by atoms with Crippen LogP contribution in [0.15, 0.2) is 22.7 Å². The number of hydrogen-bond acceptors (Lipinski definition) is 4. The molecular weight excluding hydrogens is 226 g/mol. The summed E-state index contributed by atoms with van der Waals surface area (Å²) in [6.45, 7) is 0. The second kappa shape index (κ2) is 3.65. The van der Waals surface area contributed by atoms with E-state index in [4.69, 9.17) is 10.3 Å². The number of nitrogens with zero attached hydrogens (tertiary/aromatic N) is 2. The Morgan fingerprint density at radius 1 is 1.22 bits per heavy atom. The minimum absolute atomic E-state index is 0.193. The molecule has 1 fully saturated rings. The first kappa shape index (κ1) is 10.3. The average molecular weight is 241 g/mol. The second-order valence-electron chi connectivity index (χ2n) is 5.29. The van der Waals surface area contributed by atoms with Crippen LogP contribution in [0.1, 0.15) is 48.2 Å². The van der Waals surface area contributed by atoms with Gasteiger partial charge in [-0.25, -0.2) is 0 Å². The molecule has 1 aromatic heterocycles. The monoisotopic (exact) mass is 241 g/mol. The predicted octanol–water partition coefficient (Wildman–Crippen LogP) is 2.56. The number of aryl methyl sites for hydroxylation is 1. The van der Waals surface area contributed by atoms with Gasteiger partial charge < -0.3 is 10.3 Å². The molecule has 4 rings (SSSR count). The zero-order chi connectivity index (χ0) is 12.1. The van der Waals surface area contributed by atoms with Gasteiger partial charge in [0.05, 0.1) is 0 Å². The summed E-state index contributed by atoms with van der Waals surface area (Å²) in [5.74, 6) is 2.03. The van der Waals surface area contributed by atoms with E-state index in [1.54, 1.807) is 0 Å². The van der Waals surface area contributed by atoms with E-state index in [0.717, 1.165) is 24.2 Å². The van der Waals surface area contributed by atoms with Crippen molar-refractivity contribution in [3.8, 4) is 11.5 Å². The van der Waals surface area contributed by atoms with Gasteiger partial charge in [0.1, 0.15) is 0 Å². The zero-order valence-electron chi connectivity index (χ0n) is 10.1. The molecule has 4 nitrogen and oxygen atoms in total. The lowest BCUT2D eigenvalue weighted by molar-refractivity contribution is 0.422. The Morgan fingerprint density at radius 2 is 2.11 bits per heavy atom. The number of hydrogen-bond donors (Lipinski definition) is 1. The third-order valence-electron chi connectivity index (χ3n) is 3.90. The van der Waals surface area contributed by atoms with Crippen molar-refractivity contribution in [2.75, 3.05) is 0 Å². The van der Waals surface area contributed by atoms with Crippen LogP contribution >= 0.6 is 0 Å². The van der Waals surface area contributed by atoms with Crippen LogP contribution in [-0.2, 0) is 6.42 Å². The van der Waals surface area contributed by atoms with Crippen LogP contribution in [0, 0.1) is 0 Å². The number of rotatable bonds is 2. The largest absolute Gasteiger partial charge is 0.334 e. The van der Waals surface area contributed by atoms with Gasteiger partial charge in [-0.15, -0.1) is 0 Å². The van der Waals surface area contributed by atoms with Gasteiger partial charge in [-0.05, 0) is 48.9 Å². The summed E-state index contributed by atoms with van der Waals surface area (Å²) in [5.41, 5.74) is 9.64. The summed E-state index contributed by atoms with van der Waals surface area (Å²) < 4.78 is 5.35. The molecule has 4 heteroatoms. The van der Waals surface area contributed by atoms with E-state index in [9.17, 15) is 0 Å². The maximum absolute atomic E-state index is 6.04. The van der Waals surface area contributed by atoms with Gasteiger partial charge in [-0.2, -0.15) is 4.98 Å². The highest BCUT2D eigenvalue weighted by atomic mass is 16.5. The van der Waals surface area contributed by atoms with Crippen LogP contribution in [0.5, 0.6) is 0 Å². The predicted molar refractivity (Wildman–Crippen MR) is 67.0 cm³/mol. The van der Waals surface area contributed by atoms with Crippen LogP contribution in [0.25, 0.3) is 11.5 Å². The number of nitrogens with two attached hydrogens (primary N) is 1. The van der Waals surface area contributed by atoms with E-state index in [0.29, 0.717) is 11.8 Å². The van der Waals surface area contributed by atoms with E-state index >= 15 is 0 Å². The van der Waals surface area contributed by atoms with Crippen LogP contribution in [0.3, 0.4) is 0 Å². The molecule has 0 amide bonds. The average Bonchev–Trinajstić information content (AvgIpc) is 3.01. The van der Waals surface area contributed by atoms with Crippen molar-refractivity contribution < 1.29 is 4.52 Å². The first-order valence-corrected chi connectivity index (χ1v) is 6.53. The lowest BCUT2D eigenvalue weighted by atomic mass is 10.1. The van der Waals surface area contributed by atoms with Crippen molar-refractivity contribution in [3.05, 3.63) is 35.2 Å². The van der Waals surface area contributed by atoms with Crippen LogP contribution < -0.4 is 5.73 Å². The SMILES string of the molecule is N[C@@H]1CCc2cc(-c3nc(C4CC4)no3)ccc21. The number of benzene rings is 1. The Hall–Kier alpha value is -1.68. The van der Waals surface area contributed by atoms with Crippen LogP contribution in [-0.4, -0.2) is 10.1 Å². The highest BCUT2D eigenvalue weighted by molar-refractivity contribution is 5.57. The minimum atomic E-state index is 0.193. The summed E-state index contributed by atoms with van der Waals surface area (Å²) in [6.07, 6.45) is 4.47. The van der Waals surface area contributed by atoms with Crippen molar-refractivity contribution in [1.29, 1.82) is 0 Å². The summed E-state index contributed by atoms with van der Waals surface area (Å²) in [7, 11) is 0. The fourth-order valence-electron chi connectivity index (χ4n) is 2.64. The first-order chi connectivity index (χ1) is 8.81. The Morgan fingerprint density at radius 3 is 2.94 bits per heavy atom. The van der Waals surface area contributed by atoms with Crippen molar-refractivity contribution in [2.24, 2.45) is 5.73 Å². The van der Waals surface area contributed by atoms with Crippen molar-refractivity contribution in [2.45, 2.75) is 37.6 Å². The maximum atomic E-state index is 6.04. The Bertz CT molecular complexity index is 601. The van der Waals surface area contributed by atoms with Gasteiger partial charge in [0.2, 0.25) is 0 Å². The number of fused-ring (bicyclic) bond motifs is 1. The summed E-state index contributed by atoms with van der Waals surface area (Å²) in [4.78, 5) is 4.48. The highest BCUT2D eigenvalue weighted by Crippen LogP contribution is 2.39. The molecule has 18 heavy (non-hydrogen) atoms. The molecule has 1 atom stereocenters. The van der Waals surface area contributed by atoms with E-state index in [2.05, 4.69) is 22.3 Å². The lowest BCUT2D eigenvalue weighted by Gasteiger charge is -2.04. The molecular formula is C14H15N3O. The van der Waals surface area contributed by atoms with Crippen LogP contribution in [0.4, 0.5) is 0 Å². The van der Waals surface area contributed by atoms with Gasteiger partial charge in [0.25, 0.3) is 5.89 Å². The Balaban J connectivity index is 1.71. The summed E-state index contributed by atoms with van der Waals surface area (Å²) >= 11 is 0. The minimum Gasteiger partial charge on any atom is -0.334 e. The number of aromatic nitrogens is 2. The molecule has 0 bridgehead atoms. The summed E-state index contributed by atoms with van der Waals surface area (Å²) in [6, 6.07) is 6.47. The fourth-order valence-corrected chi connectivity index (χ4v) is 2.64. The van der Waals surface area contributed by atoms with Gasteiger partial charge in [0, 0.05) is 17.5 Å². The Kier molecular flexibility index (Phi) is 2.08. The lowest BCUT2D eigenvalue weighted by Crippen LogP contribution is -2.04. The molecule has 1 aromatic carbocycles. The van der Waals surface area contributed by atoms with Crippen LogP contribution in [0.2, 0.25) is 0 Å². The molecule has 92 valence electrons. The molecule has 0 aliphatic heterocycles. The third kappa shape index (κ3) is 1.56. The van der Waals surface area contributed by atoms with E-state index in [-0.39, 0.29) is 6.04 Å². The molecule has 0 unspecified atom stereocenters. The van der Waals surface area contributed by atoms with E-state index in [1.807, 2.05) is 6.07 Å². The van der Waals surface area contributed by atoms with Gasteiger partial charge in [-0.3, -0.25) is 0 Å². The molecule has 1 saturated carbocycles. The normalized spacial score (nSPS) is 22.2. The molecule has 2 aliphatic carbocycles.